The Kier molecular flexibility index (Phi) is 7.66. The van der Waals surface area contributed by atoms with Crippen molar-refractivity contribution in [2.45, 2.75) is 12.5 Å². The Labute approximate surface area is 124 Å². The third kappa shape index (κ3) is 7.60. The second-order valence-corrected chi connectivity index (χ2v) is 5.08. The number of aliphatic hydroxyl groups is 1. The van der Waals surface area contributed by atoms with E-state index in [2.05, 4.69) is 10.2 Å². The molecule has 0 amide bonds. The summed E-state index contributed by atoms with van der Waals surface area (Å²) in [5, 5.41) is 23.5. The first kappa shape index (κ1) is 17.4. The molecule has 0 aliphatic carbocycles. The van der Waals surface area contributed by atoms with Gasteiger partial charge in [0.2, 0.25) is 0 Å². The van der Waals surface area contributed by atoms with Gasteiger partial charge in [0.1, 0.15) is 18.5 Å². The molecule has 0 radical (unpaired) electrons. The van der Waals surface area contributed by atoms with Crippen LogP contribution >= 0.6 is 0 Å². The van der Waals surface area contributed by atoms with Crippen LogP contribution in [-0.4, -0.2) is 61.4 Å². The molecule has 1 aromatic rings. The van der Waals surface area contributed by atoms with E-state index >= 15 is 0 Å². The fourth-order valence-corrected chi connectivity index (χ4v) is 1.73. The number of aliphatic hydroxyl groups excluding tert-OH is 1. The van der Waals surface area contributed by atoms with Crippen molar-refractivity contribution in [3.63, 3.8) is 0 Å². The first-order valence-corrected chi connectivity index (χ1v) is 6.90. The van der Waals surface area contributed by atoms with Crippen LogP contribution in [0.15, 0.2) is 24.3 Å². The second kappa shape index (κ2) is 9.28. The van der Waals surface area contributed by atoms with Crippen molar-refractivity contribution in [1.29, 1.82) is 0 Å². The largest absolute Gasteiger partial charge is 0.491 e. The molecule has 0 aliphatic rings. The quantitative estimate of drug-likeness (QED) is 0.378. The van der Waals surface area contributed by atoms with Crippen LogP contribution in [0.1, 0.15) is 6.42 Å². The summed E-state index contributed by atoms with van der Waals surface area (Å²) in [5.74, 6) is 0.385. The normalized spacial score (nSPS) is 12.4. The molecule has 0 aromatic heterocycles. The van der Waals surface area contributed by atoms with Gasteiger partial charge in [0.15, 0.2) is 0 Å². The molecule has 7 heteroatoms. The van der Waals surface area contributed by atoms with Crippen LogP contribution in [0.2, 0.25) is 0 Å². The molecule has 1 rings (SSSR count). The average Bonchev–Trinajstić information content (AvgIpc) is 2.44. The molecule has 0 fully saturated rings. The van der Waals surface area contributed by atoms with Gasteiger partial charge in [-0.1, -0.05) is 6.07 Å². The Bertz CT molecular complexity index is 440. The van der Waals surface area contributed by atoms with E-state index in [0.717, 1.165) is 19.5 Å². The minimum absolute atomic E-state index is 0.0243. The summed E-state index contributed by atoms with van der Waals surface area (Å²) in [5.41, 5.74) is -0.0243. The molecule has 118 valence electrons. The van der Waals surface area contributed by atoms with Crippen molar-refractivity contribution in [2.24, 2.45) is 0 Å². The van der Waals surface area contributed by atoms with Crippen molar-refractivity contribution in [3.05, 3.63) is 34.4 Å². The molecule has 7 nitrogen and oxygen atoms in total. The number of rotatable bonds is 10. The molecule has 0 saturated carbocycles. The second-order valence-electron chi connectivity index (χ2n) is 5.08. The number of nitrogens with zero attached hydrogens (tertiary/aromatic N) is 2. The van der Waals surface area contributed by atoms with Gasteiger partial charge in [-0.25, -0.2) is 0 Å². The Balaban J connectivity index is 2.22. The number of nitro benzene ring substituents is 1. The number of ether oxygens (including phenoxy) is 1. The SMILES string of the molecule is CN(C)CCCNC[C@H](O)COc1cccc([N+](=O)[O-])c1. The van der Waals surface area contributed by atoms with Crippen LogP contribution in [-0.2, 0) is 0 Å². The van der Waals surface area contributed by atoms with Gasteiger partial charge < -0.3 is 20.1 Å². The van der Waals surface area contributed by atoms with E-state index in [1.807, 2.05) is 14.1 Å². The molecule has 1 aromatic carbocycles. The Morgan fingerprint density at radius 3 is 2.90 bits per heavy atom. The van der Waals surface area contributed by atoms with Crippen molar-refractivity contribution < 1.29 is 14.8 Å². The summed E-state index contributed by atoms with van der Waals surface area (Å²) in [6.45, 7) is 2.35. The van der Waals surface area contributed by atoms with E-state index in [1.54, 1.807) is 12.1 Å². The summed E-state index contributed by atoms with van der Waals surface area (Å²) in [7, 11) is 4.03. The molecular formula is C14H23N3O4. The summed E-state index contributed by atoms with van der Waals surface area (Å²) in [4.78, 5) is 12.3. The summed E-state index contributed by atoms with van der Waals surface area (Å²) in [6, 6.07) is 5.93. The molecule has 0 unspecified atom stereocenters. The zero-order valence-electron chi connectivity index (χ0n) is 12.5. The van der Waals surface area contributed by atoms with Gasteiger partial charge in [0.05, 0.1) is 11.0 Å². The predicted octanol–water partition coefficient (Wildman–Crippen LogP) is 0.876. The molecule has 0 bridgehead atoms. The van der Waals surface area contributed by atoms with E-state index in [4.69, 9.17) is 4.74 Å². The maximum absolute atomic E-state index is 10.6. The van der Waals surface area contributed by atoms with E-state index < -0.39 is 11.0 Å². The number of nitro groups is 1. The predicted molar refractivity (Wildman–Crippen MR) is 80.6 cm³/mol. The molecule has 2 N–H and O–H groups in total. The highest BCUT2D eigenvalue weighted by Crippen LogP contribution is 2.19. The van der Waals surface area contributed by atoms with Gasteiger partial charge in [-0.3, -0.25) is 10.1 Å². The molecule has 0 spiro atoms. The van der Waals surface area contributed by atoms with Crippen LogP contribution in [0.4, 0.5) is 5.69 Å². The molecule has 0 saturated heterocycles. The standard InChI is InChI=1S/C14H23N3O4/c1-16(2)8-4-7-15-10-13(18)11-21-14-6-3-5-12(9-14)17(19)20/h3,5-6,9,13,15,18H,4,7-8,10-11H2,1-2H3/t13-/m0/s1. The smallest absolute Gasteiger partial charge is 0.273 e. The van der Waals surface area contributed by atoms with Gasteiger partial charge >= 0.3 is 0 Å². The van der Waals surface area contributed by atoms with Crippen molar-refractivity contribution in [3.8, 4) is 5.75 Å². The summed E-state index contributed by atoms with van der Waals surface area (Å²) < 4.78 is 5.35. The van der Waals surface area contributed by atoms with Crippen LogP contribution < -0.4 is 10.1 Å². The number of nitrogens with one attached hydrogen (secondary N) is 1. The third-order valence-electron chi connectivity index (χ3n) is 2.81. The van der Waals surface area contributed by atoms with E-state index in [9.17, 15) is 15.2 Å². The topological polar surface area (TPSA) is 87.9 Å². The molecular weight excluding hydrogens is 274 g/mol. The highest BCUT2D eigenvalue weighted by molar-refractivity contribution is 5.37. The highest BCUT2D eigenvalue weighted by Gasteiger charge is 2.08. The fourth-order valence-electron chi connectivity index (χ4n) is 1.73. The lowest BCUT2D eigenvalue weighted by molar-refractivity contribution is -0.384. The van der Waals surface area contributed by atoms with Crippen molar-refractivity contribution in [2.75, 3.05) is 40.3 Å². The van der Waals surface area contributed by atoms with E-state index in [0.29, 0.717) is 12.3 Å². The minimum atomic E-state index is -0.649. The number of benzene rings is 1. The maximum atomic E-state index is 10.6. The van der Waals surface area contributed by atoms with Crippen molar-refractivity contribution in [1.82, 2.24) is 10.2 Å². The van der Waals surface area contributed by atoms with Crippen LogP contribution in [0.3, 0.4) is 0 Å². The monoisotopic (exact) mass is 297 g/mol. The van der Waals surface area contributed by atoms with Gasteiger partial charge in [0.25, 0.3) is 5.69 Å². The van der Waals surface area contributed by atoms with E-state index in [1.165, 1.54) is 12.1 Å². The summed E-state index contributed by atoms with van der Waals surface area (Å²) in [6.07, 6.45) is 0.356. The van der Waals surface area contributed by atoms with Gasteiger partial charge in [-0.15, -0.1) is 0 Å². The van der Waals surface area contributed by atoms with Gasteiger partial charge in [-0.05, 0) is 39.7 Å². The Morgan fingerprint density at radius 1 is 1.48 bits per heavy atom. The summed E-state index contributed by atoms with van der Waals surface area (Å²) >= 11 is 0. The van der Waals surface area contributed by atoms with E-state index in [-0.39, 0.29) is 12.3 Å². The lowest BCUT2D eigenvalue weighted by Crippen LogP contribution is -2.32. The molecule has 1 atom stereocenters. The first-order valence-electron chi connectivity index (χ1n) is 6.90. The lowest BCUT2D eigenvalue weighted by atomic mass is 10.3. The zero-order chi connectivity index (χ0) is 15.7. The average molecular weight is 297 g/mol. The lowest BCUT2D eigenvalue weighted by Gasteiger charge is -2.14. The number of non-ortho nitro benzene ring substituents is 1. The van der Waals surface area contributed by atoms with Gasteiger partial charge in [-0.2, -0.15) is 0 Å². The van der Waals surface area contributed by atoms with Crippen LogP contribution in [0, 0.1) is 10.1 Å². The molecule has 21 heavy (non-hydrogen) atoms. The van der Waals surface area contributed by atoms with Crippen molar-refractivity contribution >= 4 is 5.69 Å². The Hall–Kier alpha value is -1.70. The molecule has 0 heterocycles. The fraction of sp³-hybridized carbons (Fsp3) is 0.571. The minimum Gasteiger partial charge on any atom is -0.491 e. The van der Waals surface area contributed by atoms with Crippen LogP contribution in [0.5, 0.6) is 5.75 Å². The van der Waals surface area contributed by atoms with Crippen LogP contribution in [0.25, 0.3) is 0 Å². The molecule has 0 aliphatic heterocycles. The Morgan fingerprint density at radius 2 is 2.24 bits per heavy atom. The number of hydrogen-bond acceptors (Lipinski definition) is 6. The maximum Gasteiger partial charge on any atom is 0.273 e. The third-order valence-corrected chi connectivity index (χ3v) is 2.81. The zero-order valence-corrected chi connectivity index (χ0v) is 12.5. The first-order chi connectivity index (χ1) is 9.99. The highest BCUT2D eigenvalue weighted by atomic mass is 16.6. The van der Waals surface area contributed by atoms with Gasteiger partial charge in [0, 0.05) is 12.6 Å². The number of hydrogen-bond donors (Lipinski definition) is 2.